The Morgan fingerprint density at radius 3 is 2.65 bits per heavy atom. The molecule has 0 aliphatic carbocycles. The zero-order chi connectivity index (χ0) is 12.5. The van der Waals surface area contributed by atoms with E-state index in [0.29, 0.717) is 19.5 Å². The van der Waals surface area contributed by atoms with E-state index in [9.17, 15) is 4.79 Å². The van der Waals surface area contributed by atoms with Crippen molar-refractivity contribution in [3.8, 4) is 0 Å². The minimum Gasteiger partial charge on any atom is -0.384 e. The van der Waals surface area contributed by atoms with Gasteiger partial charge in [0.25, 0.3) is 0 Å². The van der Waals surface area contributed by atoms with E-state index >= 15 is 0 Å². The molecule has 0 saturated carbocycles. The van der Waals surface area contributed by atoms with Gasteiger partial charge >= 0.3 is 0 Å². The van der Waals surface area contributed by atoms with Crippen LogP contribution in [-0.4, -0.2) is 22.9 Å². The Kier molecular flexibility index (Phi) is 3.09. The first-order chi connectivity index (χ1) is 7.98. The molecule has 0 saturated heterocycles. The van der Waals surface area contributed by atoms with Crippen LogP contribution in [0.3, 0.4) is 0 Å². The van der Waals surface area contributed by atoms with E-state index in [1.165, 1.54) is 5.56 Å². The third kappa shape index (κ3) is 2.60. The van der Waals surface area contributed by atoms with Gasteiger partial charge in [0.15, 0.2) is 0 Å². The second kappa shape index (κ2) is 4.40. The molecule has 0 aromatic heterocycles. The maximum Gasteiger partial charge on any atom is 0.225 e. The summed E-state index contributed by atoms with van der Waals surface area (Å²) in [7, 11) is 0. The van der Waals surface area contributed by atoms with Gasteiger partial charge in [0.1, 0.15) is 0 Å². The molecule has 1 N–H and O–H groups in total. The summed E-state index contributed by atoms with van der Waals surface area (Å²) in [6.07, 6.45) is 0.561. The predicted octanol–water partition coefficient (Wildman–Crippen LogP) is 2.63. The van der Waals surface area contributed by atoms with Crippen molar-refractivity contribution in [2.24, 2.45) is 0 Å². The standard InChI is InChI=1S/C14H20N2O/c1-14(2,3)16-10-11-6-4-5-7-12(11)15-9-8-13(16)17/h4-7,15H,8-10H2,1-3H3. The normalized spacial score (nSPS) is 16.9. The second-order valence-corrected chi connectivity index (χ2v) is 5.48. The number of nitrogens with zero attached hydrogens (tertiary/aromatic N) is 1. The topological polar surface area (TPSA) is 32.3 Å². The van der Waals surface area contributed by atoms with Crippen LogP contribution in [0, 0.1) is 0 Å². The summed E-state index contributed by atoms with van der Waals surface area (Å²) in [4.78, 5) is 14.1. The van der Waals surface area contributed by atoms with E-state index in [1.807, 2.05) is 17.0 Å². The van der Waals surface area contributed by atoms with Crippen LogP contribution >= 0.6 is 0 Å². The van der Waals surface area contributed by atoms with E-state index in [2.05, 4.69) is 38.2 Å². The summed E-state index contributed by atoms with van der Waals surface area (Å²) in [6, 6.07) is 8.20. The molecule has 3 nitrogen and oxygen atoms in total. The third-order valence-corrected chi connectivity index (χ3v) is 3.11. The number of para-hydroxylation sites is 1. The molecule has 3 heteroatoms. The highest BCUT2D eigenvalue weighted by Crippen LogP contribution is 2.24. The summed E-state index contributed by atoms with van der Waals surface area (Å²) >= 11 is 0. The van der Waals surface area contributed by atoms with Gasteiger partial charge in [0.05, 0.1) is 0 Å². The lowest BCUT2D eigenvalue weighted by molar-refractivity contribution is -0.136. The van der Waals surface area contributed by atoms with Crippen molar-refractivity contribution in [1.82, 2.24) is 4.90 Å². The summed E-state index contributed by atoms with van der Waals surface area (Å²) < 4.78 is 0. The molecule has 0 radical (unpaired) electrons. The zero-order valence-electron chi connectivity index (χ0n) is 10.8. The maximum atomic E-state index is 12.1. The number of hydrogen-bond donors (Lipinski definition) is 1. The van der Waals surface area contributed by atoms with Crippen LogP contribution < -0.4 is 5.32 Å². The van der Waals surface area contributed by atoms with Gasteiger partial charge < -0.3 is 10.2 Å². The predicted molar refractivity (Wildman–Crippen MR) is 69.9 cm³/mol. The number of amides is 1. The molecule has 0 atom stereocenters. The highest BCUT2D eigenvalue weighted by atomic mass is 16.2. The zero-order valence-corrected chi connectivity index (χ0v) is 10.8. The van der Waals surface area contributed by atoms with Crippen molar-refractivity contribution >= 4 is 11.6 Å². The van der Waals surface area contributed by atoms with Crippen LogP contribution in [0.15, 0.2) is 24.3 Å². The lowest BCUT2D eigenvalue weighted by atomic mass is 10.0. The first-order valence-corrected chi connectivity index (χ1v) is 6.11. The van der Waals surface area contributed by atoms with Gasteiger partial charge in [-0.15, -0.1) is 0 Å². The molecule has 1 heterocycles. The second-order valence-electron chi connectivity index (χ2n) is 5.48. The molecular formula is C14H20N2O. The van der Waals surface area contributed by atoms with Crippen LogP contribution in [0.1, 0.15) is 32.8 Å². The molecule has 1 aliphatic rings. The molecule has 1 aromatic carbocycles. The van der Waals surface area contributed by atoms with Crippen LogP contribution in [0.4, 0.5) is 5.69 Å². The average molecular weight is 232 g/mol. The SMILES string of the molecule is CC(C)(C)N1Cc2ccccc2NCCC1=O. The summed E-state index contributed by atoms with van der Waals surface area (Å²) in [5.74, 6) is 0.222. The van der Waals surface area contributed by atoms with Crippen LogP contribution in [-0.2, 0) is 11.3 Å². The number of nitrogens with one attached hydrogen (secondary N) is 1. The summed E-state index contributed by atoms with van der Waals surface area (Å²) in [6.45, 7) is 7.65. The molecule has 1 amide bonds. The highest BCUT2D eigenvalue weighted by Gasteiger charge is 2.27. The van der Waals surface area contributed by atoms with Crippen molar-refractivity contribution in [2.45, 2.75) is 39.3 Å². The third-order valence-electron chi connectivity index (χ3n) is 3.11. The number of benzene rings is 1. The summed E-state index contributed by atoms with van der Waals surface area (Å²) in [5, 5.41) is 3.32. The lowest BCUT2D eigenvalue weighted by Crippen LogP contribution is -2.46. The van der Waals surface area contributed by atoms with E-state index in [1.54, 1.807) is 0 Å². The van der Waals surface area contributed by atoms with Crippen molar-refractivity contribution in [2.75, 3.05) is 11.9 Å². The maximum absolute atomic E-state index is 12.1. The smallest absolute Gasteiger partial charge is 0.225 e. The first kappa shape index (κ1) is 12.0. The minimum atomic E-state index is -0.123. The van der Waals surface area contributed by atoms with Crippen molar-refractivity contribution in [3.63, 3.8) is 0 Å². The van der Waals surface area contributed by atoms with Crippen LogP contribution in [0.5, 0.6) is 0 Å². The fourth-order valence-electron chi connectivity index (χ4n) is 2.14. The van der Waals surface area contributed by atoms with E-state index in [4.69, 9.17) is 0 Å². The average Bonchev–Trinajstić information content (AvgIpc) is 2.22. The fraction of sp³-hybridized carbons (Fsp3) is 0.500. The number of rotatable bonds is 0. The molecule has 1 aromatic rings. The molecule has 17 heavy (non-hydrogen) atoms. The van der Waals surface area contributed by atoms with Crippen LogP contribution in [0.2, 0.25) is 0 Å². The van der Waals surface area contributed by atoms with E-state index < -0.39 is 0 Å². The van der Waals surface area contributed by atoms with E-state index in [-0.39, 0.29) is 11.4 Å². The molecule has 92 valence electrons. The van der Waals surface area contributed by atoms with Crippen LogP contribution in [0.25, 0.3) is 0 Å². The number of carbonyl (C=O) groups excluding carboxylic acids is 1. The Morgan fingerprint density at radius 2 is 1.94 bits per heavy atom. The molecule has 0 spiro atoms. The van der Waals surface area contributed by atoms with Gasteiger partial charge in [0, 0.05) is 30.7 Å². The fourth-order valence-corrected chi connectivity index (χ4v) is 2.14. The largest absolute Gasteiger partial charge is 0.384 e. The Morgan fingerprint density at radius 1 is 1.24 bits per heavy atom. The van der Waals surface area contributed by atoms with Crippen molar-refractivity contribution in [3.05, 3.63) is 29.8 Å². The van der Waals surface area contributed by atoms with Gasteiger partial charge in [0.2, 0.25) is 5.91 Å². The monoisotopic (exact) mass is 232 g/mol. The Hall–Kier alpha value is -1.51. The molecule has 1 aliphatic heterocycles. The molecule has 0 unspecified atom stereocenters. The molecule has 0 fully saturated rings. The van der Waals surface area contributed by atoms with Crippen molar-refractivity contribution in [1.29, 1.82) is 0 Å². The number of hydrogen-bond acceptors (Lipinski definition) is 2. The first-order valence-electron chi connectivity index (χ1n) is 6.11. The Labute approximate surface area is 103 Å². The lowest BCUT2D eigenvalue weighted by Gasteiger charge is -2.37. The van der Waals surface area contributed by atoms with Gasteiger partial charge in [-0.3, -0.25) is 4.79 Å². The highest BCUT2D eigenvalue weighted by molar-refractivity contribution is 5.78. The molecular weight excluding hydrogens is 212 g/mol. The van der Waals surface area contributed by atoms with Gasteiger partial charge in [-0.2, -0.15) is 0 Å². The quantitative estimate of drug-likeness (QED) is 0.745. The summed E-state index contributed by atoms with van der Waals surface area (Å²) in [5.41, 5.74) is 2.21. The van der Waals surface area contributed by atoms with Gasteiger partial charge in [-0.1, -0.05) is 18.2 Å². The number of fused-ring (bicyclic) bond motifs is 1. The Balaban J connectivity index is 2.34. The van der Waals surface area contributed by atoms with E-state index in [0.717, 1.165) is 5.69 Å². The Bertz CT molecular complexity index is 420. The number of anilines is 1. The molecule has 0 bridgehead atoms. The van der Waals surface area contributed by atoms with Gasteiger partial charge in [-0.25, -0.2) is 0 Å². The number of carbonyl (C=O) groups is 1. The van der Waals surface area contributed by atoms with Crippen molar-refractivity contribution < 1.29 is 4.79 Å². The minimum absolute atomic E-state index is 0.123. The van der Waals surface area contributed by atoms with Gasteiger partial charge in [-0.05, 0) is 32.4 Å². The molecule has 2 rings (SSSR count).